The molecule has 1 aromatic carbocycles. The second-order valence-corrected chi connectivity index (χ2v) is 4.14. The predicted molar refractivity (Wildman–Crippen MR) is 73.7 cm³/mol. The van der Waals surface area contributed by atoms with E-state index in [0.29, 0.717) is 11.4 Å². The van der Waals surface area contributed by atoms with E-state index < -0.39 is 4.92 Å². The molecule has 7 nitrogen and oxygen atoms in total. The zero-order chi connectivity index (χ0) is 14.5. The zero-order valence-electron chi connectivity index (χ0n) is 11.1. The van der Waals surface area contributed by atoms with Gasteiger partial charge in [0.25, 0.3) is 5.69 Å². The summed E-state index contributed by atoms with van der Waals surface area (Å²) in [6.45, 7) is 1.92. The van der Waals surface area contributed by atoms with E-state index in [9.17, 15) is 10.1 Å². The number of aromatic nitrogens is 2. The maximum atomic E-state index is 10.7. The van der Waals surface area contributed by atoms with Crippen molar-refractivity contribution in [3.63, 3.8) is 0 Å². The summed E-state index contributed by atoms with van der Waals surface area (Å²) in [6.07, 6.45) is 4.87. The molecule has 1 atom stereocenters. The van der Waals surface area contributed by atoms with E-state index in [4.69, 9.17) is 4.74 Å². The summed E-state index contributed by atoms with van der Waals surface area (Å²) in [5, 5.41) is 13.9. The van der Waals surface area contributed by atoms with Crippen LogP contribution in [0.5, 0.6) is 5.75 Å². The summed E-state index contributed by atoms with van der Waals surface area (Å²) in [6, 6.07) is 4.32. The zero-order valence-corrected chi connectivity index (χ0v) is 11.1. The first kappa shape index (κ1) is 13.7. The second-order valence-electron chi connectivity index (χ2n) is 4.14. The summed E-state index contributed by atoms with van der Waals surface area (Å²) in [7, 11) is 1.47. The Balaban J connectivity index is 2.23. The number of ether oxygens (including phenoxy) is 1. The third-order valence-electron chi connectivity index (χ3n) is 2.79. The van der Waals surface area contributed by atoms with E-state index in [1.165, 1.54) is 19.2 Å². The van der Waals surface area contributed by atoms with E-state index >= 15 is 0 Å². The number of nitro benzene ring substituents is 1. The lowest BCUT2D eigenvalue weighted by Crippen LogP contribution is -2.09. The van der Waals surface area contributed by atoms with Gasteiger partial charge >= 0.3 is 0 Å². The molecule has 104 valence electrons. The van der Waals surface area contributed by atoms with Gasteiger partial charge in [-0.1, -0.05) is 0 Å². The van der Waals surface area contributed by atoms with E-state index in [-0.39, 0.29) is 11.7 Å². The van der Waals surface area contributed by atoms with Crippen LogP contribution in [0.15, 0.2) is 36.8 Å². The summed E-state index contributed by atoms with van der Waals surface area (Å²) < 4.78 is 5.17. The third-order valence-corrected chi connectivity index (χ3v) is 2.79. The SMILES string of the molecule is COc1cc([N+](=O)[O-])ccc1NC(C)c1cnccn1. The van der Waals surface area contributed by atoms with Crippen LogP contribution in [0.4, 0.5) is 11.4 Å². The Hall–Kier alpha value is -2.70. The van der Waals surface area contributed by atoms with Crippen LogP contribution in [0, 0.1) is 10.1 Å². The molecule has 7 heteroatoms. The van der Waals surface area contributed by atoms with Gasteiger partial charge < -0.3 is 10.1 Å². The molecule has 1 heterocycles. The van der Waals surface area contributed by atoms with Crippen molar-refractivity contribution < 1.29 is 9.66 Å². The largest absolute Gasteiger partial charge is 0.494 e. The molecule has 0 saturated heterocycles. The Kier molecular flexibility index (Phi) is 4.09. The van der Waals surface area contributed by atoms with Gasteiger partial charge in [0.1, 0.15) is 5.75 Å². The molecule has 2 aromatic rings. The summed E-state index contributed by atoms with van der Waals surface area (Å²) in [5.41, 5.74) is 1.42. The maximum absolute atomic E-state index is 10.7. The minimum atomic E-state index is -0.460. The topological polar surface area (TPSA) is 90.2 Å². The van der Waals surface area contributed by atoms with Gasteiger partial charge in [-0.2, -0.15) is 0 Å². The minimum absolute atomic E-state index is 0.0143. The van der Waals surface area contributed by atoms with Crippen LogP contribution in [0.3, 0.4) is 0 Å². The fourth-order valence-electron chi connectivity index (χ4n) is 1.75. The average molecular weight is 274 g/mol. The lowest BCUT2D eigenvalue weighted by Gasteiger charge is -2.16. The van der Waals surface area contributed by atoms with Crippen LogP contribution in [0.2, 0.25) is 0 Å². The number of nitro groups is 1. The first-order valence-electron chi connectivity index (χ1n) is 5.96. The molecule has 20 heavy (non-hydrogen) atoms. The van der Waals surface area contributed by atoms with Gasteiger partial charge in [0, 0.05) is 18.5 Å². The number of nitrogens with one attached hydrogen (secondary N) is 1. The molecular formula is C13H14N4O3. The molecule has 0 aliphatic rings. The first-order chi connectivity index (χ1) is 9.61. The highest BCUT2D eigenvalue weighted by molar-refractivity contribution is 5.61. The van der Waals surface area contributed by atoms with Crippen LogP contribution in [0.1, 0.15) is 18.7 Å². The van der Waals surface area contributed by atoms with Gasteiger partial charge in [-0.25, -0.2) is 0 Å². The fraction of sp³-hybridized carbons (Fsp3) is 0.231. The third kappa shape index (κ3) is 3.00. The molecule has 0 amide bonds. The molecule has 0 bridgehead atoms. The van der Waals surface area contributed by atoms with Crippen LogP contribution in [0.25, 0.3) is 0 Å². The van der Waals surface area contributed by atoms with Crippen molar-refractivity contribution in [3.05, 3.63) is 52.6 Å². The molecular weight excluding hydrogens is 260 g/mol. The number of anilines is 1. The Morgan fingerprint density at radius 3 is 2.80 bits per heavy atom. The molecule has 0 radical (unpaired) electrons. The van der Waals surface area contributed by atoms with Gasteiger partial charge in [-0.15, -0.1) is 0 Å². The summed E-state index contributed by atoms with van der Waals surface area (Å²) >= 11 is 0. The van der Waals surface area contributed by atoms with Crippen molar-refractivity contribution in [2.75, 3.05) is 12.4 Å². The Morgan fingerprint density at radius 2 is 2.20 bits per heavy atom. The van der Waals surface area contributed by atoms with Crippen molar-refractivity contribution in [2.24, 2.45) is 0 Å². The highest BCUT2D eigenvalue weighted by Gasteiger charge is 2.14. The van der Waals surface area contributed by atoms with Gasteiger partial charge in [0.05, 0.1) is 41.7 Å². The number of rotatable bonds is 5. The normalized spacial score (nSPS) is 11.7. The lowest BCUT2D eigenvalue weighted by atomic mass is 10.2. The molecule has 0 saturated carbocycles. The monoisotopic (exact) mass is 274 g/mol. The Labute approximate surface area is 115 Å². The lowest BCUT2D eigenvalue weighted by molar-refractivity contribution is -0.384. The quantitative estimate of drug-likeness (QED) is 0.665. The van der Waals surface area contributed by atoms with E-state index in [0.717, 1.165) is 5.69 Å². The first-order valence-corrected chi connectivity index (χ1v) is 5.96. The number of hydrogen-bond acceptors (Lipinski definition) is 6. The number of benzene rings is 1. The van der Waals surface area contributed by atoms with E-state index in [2.05, 4.69) is 15.3 Å². The second kappa shape index (κ2) is 5.96. The molecule has 1 aromatic heterocycles. The maximum Gasteiger partial charge on any atom is 0.273 e. The van der Waals surface area contributed by atoms with Crippen molar-refractivity contribution in [3.8, 4) is 5.75 Å². The van der Waals surface area contributed by atoms with Crippen molar-refractivity contribution >= 4 is 11.4 Å². The molecule has 0 aliphatic carbocycles. The Morgan fingerprint density at radius 1 is 1.40 bits per heavy atom. The van der Waals surface area contributed by atoms with Gasteiger partial charge in [0.2, 0.25) is 0 Å². The minimum Gasteiger partial charge on any atom is -0.494 e. The number of non-ortho nitro benzene ring substituents is 1. The standard InChI is InChI=1S/C13H14N4O3/c1-9(12-8-14-5-6-15-12)16-11-4-3-10(17(18)19)7-13(11)20-2/h3-9,16H,1-2H3. The molecule has 1 N–H and O–H groups in total. The smallest absolute Gasteiger partial charge is 0.273 e. The molecule has 1 unspecified atom stereocenters. The molecule has 0 spiro atoms. The summed E-state index contributed by atoms with van der Waals surface area (Å²) in [4.78, 5) is 18.5. The van der Waals surface area contributed by atoms with Crippen LogP contribution >= 0.6 is 0 Å². The number of nitrogens with zero attached hydrogens (tertiary/aromatic N) is 3. The molecule has 0 aliphatic heterocycles. The van der Waals surface area contributed by atoms with Gasteiger partial charge in [-0.3, -0.25) is 20.1 Å². The van der Waals surface area contributed by atoms with E-state index in [1.807, 2.05) is 6.92 Å². The highest BCUT2D eigenvalue weighted by atomic mass is 16.6. The van der Waals surface area contributed by atoms with Gasteiger partial charge in [-0.05, 0) is 13.0 Å². The van der Waals surface area contributed by atoms with Crippen molar-refractivity contribution in [1.29, 1.82) is 0 Å². The van der Waals surface area contributed by atoms with Crippen LogP contribution in [-0.2, 0) is 0 Å². The van der Waals surface area contributed by atoms with Crippen molar-refractivity contribution in [2.45, 2.75) is 13.0 Å². The number of hydrogen-bond donors (Lipinski definition) is 1. The van der Waals surface area contributed by atoms with Gasteiger partial charge in [0.15, 0.2) is 0 Å². The van der Waals surface area contributed by atoms with Crippen LogP contribution < -0.4 is 10.1 Å². The van der Waals surface area contributed by atoms with Crippen LogP contribution in [-0.4, -0.2) is 22.0 Å². The Bertz CT molecular complexity index is 604. The fourth-order valence-corrected chi connectivity index (χ4v) is 1.75. The predicted octanol–water partition coefficient (Wildman–Crippen LogP) is 2.57. The van der Waals surface area contributed by atoms with E-state index in [1.54, 1.807) is 24.7 Å². The number of methoxy groups -OCH3 is 1. The molecule has 0 fully saturated rings. The summed E-state index contributed by atoms with van der Waals surface area (Å²) in [5.74, 6) is 0.412. The van der Waals surface area contributed by atoms with Crippen molar-refractivity contribution in [1.82, 2.24) is 9.97 Å². The average Bonchev–Trinajstić information content (AvgIpc) is 2.48. The molecule has 2 rings (SSSR count). The highest BCUT2D eigenvalue weighted by Crippen LogP contribution is 2.31.